The highest BCUT2D eigenvalue weighted by Crippen LogP contribution is 2.17. The van der Waals surface area contributed by atoms with Crippen molar-refractivity contribution < 1.29 is 14.3 Å². The molecule has 0 spiro atoms. The lowest BCUT2D eigenvalue weighted by molar-refractivity contribution is -0.123. The molecule has 2 N–H and O–H groups in total. The van der Waals surface area contributed by atoms with Crippen molar-refractivity contribution in [2.75, 3.05) is 6.61 Å². The van der Waals surface area contributed by atoms with Gasteiger partial charge < -0.3 is 4.74 Å². The Balaban J connectivity index is 1.53. The number of rotatable bonds is 8. The standard InChI is InChI=1S/C23H20N4O3/c28-22(26-24-15-18-9-3-1-4-10-18)17-30-21-14-8-7-13-20(21)23(29)27-25-16-19-11-5-2-6-12-19/h1-16H,17H2,(H,26,28)(H,27,29)/b24-15+,25-16+. The summed E-state index contributed by atoms with van der Waals surface area (Å²) < 4.78 is 5.49. The number of nitrogens with zero attached hydrogens (tertiary/aromatic N) is 2. The number of ether oxygens (including phenoxy) is 1. The molecule has 0 heterocycles. The molecule has 0 radical (unpaired) electrons. The van der Waals surface area contributed by atoms with E-state index in [0.717, 1.165) is 11.1 Å². The molecule has 0 bridgehead atoms. The molecule has 0 aromatic heterocycles. The molecule has 0 saturated heterocycles. The molecule has 7 nitrogen and oxygen atoms in total. The molecule has 150 valence electrons. The van der Waals surface area contributed by atoms with Crippen molar-refractivity contribution in [2.45, 2.75) is 0 Å². The number of carbonyl (C=O) groups is 2. The molecule has 2 amide bonds. The monoisotopic (exact) mass is 400 g/mol. The molecule has 0 aliphatic heterocycles. The first kappa shape index (κ1) is 20.5. The maximum atomic E-state index is 12.4. The van der Waals surface area contributed by atoms with Gasteiger partial charge in [-0.05, 0) is 23.3 Å². The van der Waals surface area contributed by atoms with E-state index in [1.165, 1.54) is 6.21 Å². The van der Waals surface area contributed by atoms with E-state index in [4.69, 9.17) is 4.74 Å². The first-order valence-corrected chi connectivity index (χ1v) is 9.19. The highest BCUT2D eigenvalue weighted by Gasteiger charge is 2.12. The smallest absolute Gasteiger partial charge is 0.277 e. The summed E-state index contributed by atoms with van der Waals surface area (Å²) in [6.07, 6.45) is 3.07. The molecule has 0 atom stereocenters. The van der Waals surface area contributed by atoms with E-state index in [1.54, 1.807) is 30.5 Å². The summed E-state index contributed by atoms with van der Waals surface area (Å²) in [6.45, 7) is -0.288. The van der Waals surface area contributed by atoms with Gasteiger partial charge in [0.25, 0.3) is 11.8 Å². The summed E-state index contributed by atoms with van der Waals surface area (Å²) in [4.78, 5) is 24.3. The fourth-order valence-electron chi connectivity index (χ4n) is 2.44. The van der Waals surface area contributed by atoms with Crippen LogP contribution in [0.4, 0.5) is 0 Å². The minimum Gasteiger partial charge on any atom is -0.483 e. The molecular formula is C23H20N4O3. The SMILES string of the molecule is O=C(COc1ccccc1C(=O)N/N=C/c1ccccc1)N/N=C/c1ccccc1. The average Bonchev–Trinajstić information content (AvgIpc) is 2.79. The van der Waals surface area contributed by atoms with Crippen LogP contribution in [0.2, 0.25) is 0 Å². The van der Waals surface area contributed by atoms with Crippen molar-refractivity contribution in [2.24, 2.45) is 10.2 Å². The number of nitrogens with one attached hydrogen (secondary N) is 2. The third-order valence-corrected chi connectivity index (χ3v) is 3.87. The summed E-state index contributed by atoms with van der Waals surface area (Å²) in [6, 6.07) is 25.4. The van der Waals surface area contributed by atoms with Crippen LogP contribution >= 0.6 is 0 Å². The maximum absolute atomic E-state index is 12.4. The number of hydrogen-bond donors (Lipinski definition) is 2. The molecule has 3 rings (SSSR count). The molecule has 0 aliphatic carbocycles. The second-order valence-electron chi connectivity index (χ2n) is 6.10. The number of hydrazone groups is 2. The van der Waals surface area contributed by atoms with Crippen molar-refractivity contribution in [3.8, 4) is 5.75 Å². The Bertz CT molecular complexity index is 1030. The van der Waals surface area contributed by atoms with Gasteiger partial charge in [0.15, 0.2) is 6.61 Å². The normalized spacial score (nSPS) is 10.8. The molecule has 0 fully saturated rings. The van der Waals surface area contributed by atoms with Gasteiger partial charge in [-0.15, -0.1) is 0 Å². The van der Waals surface area contributed by atoms with Crippen molar-refractivity contribution >= 4 is 24.2 Å². The Kier molecular flexibility index (Phi) is 7.45. The Morgan fingerprint density at radius 1 is 0.733 bits per heavy atom. The van der Waals surface area contributed by atoms with E-state index in [-0.39, 0.29) is 17.9 Å². The van der Waals surface area contributed by atoms with E-state index in [9.17, 15) is 9.59 Å². The topological polar surface area (TPSA) is 92.2 Å². The number of para-hydroxylation sites is 1. The van der Waals surface area contributed by atoms with Crippen molar-refractivity contribution in [3.05, 3.63) is 102 Å². The van der Waals surface area contributed by atoms with Crippen LogP contribution in [-0.2, 0) is 4.79 Å². The van der Waals surface area contributed by atoms with Crippen molar-refractivity contribution in [1.82, 2.24) is 10.9 Å². The van der Waals surface area contributed by atoms with Crippen molar-refractivity contribution in [1.29, 1.82) is 0 Å². The summed E-state index contributed by atoms with van der Waals surface area (Å²) in [7, 11) is 0. The number of hydrogen-bond acceptors (Lipinski definition) is 5. The average molecular weight is 400 g/mol. The predicted molar refractivity (Wildman–Crippen MR) is 116 cm³/mol. The molecule has 3 aromatic carbocycles. The highest BCUT2D eigenvalue weighted by molar-refractivity contribution is 5.97. The number of benzene rings is 3. The van der Waals surface area contributed by atoms with Crippen LogP contribution in [0.15, 0.2) is 95.1 Å². The fraction of sp³-hybridized carbons (Fsp3) is 0.0435. The van der Waals surface area contributed by atoms with E-state index in [2.05, 4.69) is 21.1 Å². The fourth-order valence-corrected chi connectivity index (χ4v) is 2.44. The minimum atomic E-state index is -0.445. The first-order valence-electron chi connectivity index (χ1n) is 9.19. The van der Waals surface area contributed by atoms with Crippen LogP contribution in [0.3, 0.4) is 0 Å². The summed E-state index contributed by atoms with van der Waals surface area (Å²) >= 11 is 0. The molecule has 30 heavy (non-hydrogen) atoms. The van der Waals surface area contributed by atoms with E-state index in [1.807, 2.05) is 60.7 Å². The largest absolute Gasteiger partial charge is 0.483 e. The van der Waals surface area contributed by atoms with Gasteiger partial charge in [0.05, 0.1) is 18.0 Å². The first-order chi connectivity index (χ1) is 14.7. The zero-order chi connectivity index (χ0) is 21.0. The maximum Gasteiger partial charge on any atom is 0.277 e. The van der Waals surface area contributed by atoms with Crippen LogP contribution < -0.4 is 15.6 Å². The number of carbonyl (C=O) groups excluding carboxylic acids is 2. The van der Waals surface area contributed by atoms with Gasteiger partial charge in [-0.1, -0.05) is 72.8 Å². The number of amides is 2. The quantitative estimate of drug-likeness (QED) is 0.450. The van der Waals surface area contributed by atoms with Gasteiger partial charge in [-0.25, -0.2) is 10.9 Å². The molecule has 3 aromatic rings. The lowest BCUT2D eigenvalue weighted by Crippen LogP contribution is -2.25. The Morgan fingerprint density at radius 3 is 1.90 bits per heavy atom. The third kappa shape index (κ3) is 6.42. The predicted octanol–water partition coefficient (Wildman–Crippen LogP) is 2.98. The Morgan fingerprint density at radius 2 is 1.27 bits per heavy atom. The molecule has 0 unspecified atom stereocenters. The highest BCUT2D eigenvalue weighted by atomic mass is 16.5. The molecule has 7 heteroatoms. The van der Waals surface area contributed by atoms with Crippen LogP contribution in [0.25, 0.3) is 0 Å². The second kappa shape index (κ2) is 10.9. The Hall–Kier alpha value is -4.26. The zero-order valence-electron chi connectivity index (χ0n) is 16.1. The summed E-state index contributed by atoms with van der Waals surface area (Å²) in [5.41, 5.74) is 6.82. The van der Waals surface area contributed by atoms with Gasteiger partial charge in [0.2, 0.25) is 0 Å². The molecule has 0 saturated carbocycles. The molecule has 0 aliphatic rings. The summed E-state index contributed by atoms with van der Waals surface area (Å²) in [5, 5.41) is 7.82. The summed E-state index contributed by atoms with van der Waals surface area (Å²) in [5.74, 6) is -0.619. The lowest BCUT2D eigenvalue weighted by atomic mass is 10.2. The third-order valence-electron chi connectivity index (χ3n) is 3.87. The van der Waals surface area contributed by atoms with Crippen LogP contribution in [0, 0.1) is 0 Å². The van der Waals surface area contributed by atoms with Gasteiger partial charge in [0, 0.05) is 0 Å². The van der Waals surface area contributed by atoms with Gasteiger partial charge in [-0.3, -0.25) is 9.59 Å². The van der Waals surface area contributed by atoms with E-state index >= 15 is 0 Å². The van der Waals surface area contributed by atoms with Crippen LogP contribution in [0.1, 0.15) is 21.5 Å². The van der Waals surface area contributed by atoms with Gasteiger partial charge in [0.1, 0.15) is 5.75 Å². The van der Waals surface area contributed by atoms with E-state index < -0.39 is 11.8 Å². The van der Waals surface area contributed by atoms with Crippen molar-refractivity contribution in [3.63, 3.8) is 0 Å². The van der Waals surface area contributed by atoms with Crippen LogP contribution in [0.5, 0.6) is 5.75 Å². The zero-order valence-corrected chi connectivity index (χ0v) is 16.1. The van der Waals surface area contributed by atoms with Gasteiger partial charge >= 0.3 is 0 Å². The van der Waals surface area contributed by atoms with E-state index in [0.29, 0.717) is 0 Å². The minimum absolute atomic E-state index is 0.267. The second-order valence-corrected chi connectivity index (χ2v) is 6.10. The van der Waals surface area contributed by atoms with Gasteiger partial charge in [-0.2, -0.15) is 10.2 Å². The Labute approximate surface area is 174 Å². The lowest BCUT2D eigenvalue weighted by Gasteiger charge is -2.09. The molecular weight excluding hydrogens is 380 g/mol. The van der Waals surface area contributed by atoms with Crippen LogP contribution in [-0.4, -0.2) is 30.9 Å².